The normalized spacial score (nSPS) is 19.7. The summed E-state index contributed by atoms with van der Waals surface area (Å²) in [4.78, 5) is 16.1. The molecule has 1 fully saturated rings. The van der Waals surface area contributed by atoms with Crippen LogP contribution in [0.2, 0.25) is 0 Å². The molecular weight excluding hydrogens is 214 g/mol. The third kappa shape index (κ3) is 5.04. The summed E-state index contributed by atoms with van der Waals surface area (Å²) in [6.45, 7) is 11.8. The van der Waals surface area contributed by atoms with Gasteiger partial charge in [-0.05, 0) is 25.4 Å². The van der Waals surface area contributed by atoms with Crippen molar-refractivity contribution in [2.24, 2.45) is 11.8 Å². The summed E-state index contributed by atoms with van der Waals surface area (Å²) < 4.78 is 0. The summed E-state index contributed by atoms with van der Waals surface area (Å²) in [6.07, 6.45) is 0. The van der Waals surface area contributed by atoms with Gasteiger partial charge in [-0.25, -0.2) is 0 Å². The molecule has 0 aliphatic carbocycles. The predicted octanol–water partition coefficient (Wildman–Crippen LogP) is 0.642. The molecular formula is C13H27N3O. The molecule has 1 unspecified atom stereocenters. The van der Waals surface area contributed by atoms with E-state index >= 15 is 0 Å². The Labute approximate surface area is 105 Å². The average molecular weight is 241 g/mol. The second-order valence-corrected chi connectivity index (χ2v) is 5.54. The van der Waals surface area contributed by atoms with Gasteiger partial charge in [0.1, 0.15) is 0 Å². The zero-order chi connectivity index (χ0) is 12.8. The lowest BCUT2D eigenvalue weighted by atomic mass is 9.98. The highest BCUT2D eigenvalue weighted by Crippen LogP contribution is 2.07. The number of nitrogens with one attached hydrogen (secondary N) is 1. The smallest absolute Gasteiger partial charge is 0.236 e. The van der Waals surface area contributed by atoms with E-state index < -0.39 is 0 Å². The molecule has 1 amide bonds. The highest BCUT2D eigenvalue weighted by molar-refractivity contribution is 5.78. The van der Waals surface area contributed by atoms with Crippen LogP contribution >= 0.6 is 0 Å². The number of hydrogen-bond donors (Lipinski definition) is 1. The fraction of sp³-hybridized carbons (Fsp3) is 0.923. The molecule has 1 rings (SSSR count). The summed E-state index contributed by atoms with van der Waals surface area (Å²) in [6, 6.07) is 0. The molecule has 0 saturated carbocycles. The molecule has 0 aromatic rings. The number of piperazine rings is 1. The molecule has 0 aromatic carbocycles. The van der Waals surface area contributed by atoms with Gasteiger partial charge >= 0.3 is 0 Å². The van der Waals surface area contributed by atoms with Crippen LogP contribution in [0.4, 0.5) is 0 Å². The highest BCUT2D eigenvalue weighted by Gasteiger charge is 2.18. The Morgan fingerprint density at radius 2 is 1.76 bits per heavy atom. The number of likely N-dealkylation sites (N-methyl/N-ethyl adjacent to an activating group) is 1. The van der Waals surface area contributed by atoms with Crippen LogP contribution in [0.5, 0.6) is 0 Å². The van der Waals surface area contributed by atoms with Gasteiger partial charge in [0.25, 0.3) is 0 Å². The first-order chi connectivity index (χ1) is 8.00. The van der Waals surface area contributed by atoms with Crippen molar-refractivity contribution in [2.75, 3.05) is 46.3 Å². The van der Waals surface area contributed by atoms with E-state index in [1.165, 1.54) is 0 Å². The Morgan fingerprint density at radius 3 is 2.29 bits per heavy atom. The number of amides is 1. The van der Waals surface area contributed by atoms with Gasteiger partial charge in [-0.2, -0.15) is 0 Å². The van der Waals surface area contributed by atoms with Crippen LogP contribution in [-0.2, 0) is 4.79 Å². The van der Waals surface area contributed by atoms with Crippen LogP contribution in [0.15, 0.2) is 0 Å². The molecule has 1 aliphatic rings. The fourth-order valence-corrected chi connectivity index (χ4v) is 1.81. The maximum Gasteiger partial charge on any atom is 0.236 e. The van der Waals surface area contributed by atoms with Crippen LogP contribution < -0.4 is 5.32 Å². The second-order valence-electron chi connectivity index (χ2n) is 5.54. The van der Waals surface area contributed by atoms with Gasteiger partial charge in [-0.1, -0.05) is 20.8 Å². The first-order valence-corrected chi connectivity index (χ1v) is 6.67. The third-order valence-corrected chi connectivity index (χ3v) is 3.74. The van der Waals surface area contributed by atoms with E-state index in [9.17, 15) is 4.79 Å². The summed E-state index contributed by atoms with van der Waals surface area (Å²) in [7, 11) is 2.10. The average Bonchev–Trinajstić information content (AvgIpc) is 2.29. The topological polar surface area (TPSA) is 35.6 Å². The van der Waals surface area contributed by atoms with E-state index in [4.69, 9.17) is 0 Å². The molecule has 1 heterocycles. The lowest BCUT2D eigenvalue weighted by molar-refractivity contribution is -0.131. The molecule has 1 aliphatic heterocycles. The maximum atomic E-state index is 11.9. The SMILES string of the molecule is CC(C)C(C)CNCC(=O)N1CCN(C)CC1. The second kappa shape index (κ2) is 6.97. The van der Waals surface area contributed by atoms with Crippen LogP contribution in [0.25, 0.3) is 0 Å². The molecule has 1 saturated heterocycles. The van der Waals surface area contributed by atoms with E-state index in [1.807, 2.05) is 4.90 Å². The molecule has 1 N–H and O–H groups in total. The minimum Gasteiger partial charge on any atom is -0.339 e. The van der Waals surface area contributed by atoms with E-state index in [0.29, 0.717) is 18.4 Å². The van der Waals surface area contributed by atoms with E-state index in [1.54, 1.807) is 0 Å². The first kappa shape index (κ1) is 14.5. The zero-order valence-electron chi connectivity index (χ0n) is 11.7. The van der Waals surface area contributed by atoms with E-state index in [0.717, 1.165) is 32.7 Å². The summed E-state index contributed by atoms with van der Waals surface area (Å²) >= 11 is 0. The molecule has 4 nitrogen and oxygen atoms in total. The van der Waals surface area contributed by atoms with Crippen molar-refractivity contribution in [2.45, 2.75) is 20.8 Å². The summed E-state index contributed by atoms with van der Waals surface area (Å²) in [5.41, 5.74) is 0. The number of carbonyl (C=O) groups excluding carboxylic acids is 1. The van der Waals surface area contributed by atoms with E-state index in [-0.39, 0.29) is 5.91 Å². The first-order valence-electron chi connectivity index (χ1n) is 6.67. The maximum absolute atomic E-state index is 11.9. The summed E-state index contributed by atoms with van der Waals surface area (Å²) in [5, 5.41) is 3.27. The van der Waals surface area contributed by atoms with Gasteiger partial charge in [0.05, 0.1) is 6.54 Å². The Hall–Kier alpha value is -0.610. The lowest BCUT2D eigenvalue weighted by Gasteiger charge is -2.32. The van der Waals surface area contributed by atoms with Crippen molar-refractivity contribution in [1.82, 2.24) is 15.1 Å². The fourth-order valence-electron chi connectivity index (χ4n) is 1.81. The number of hydrogen-bond acceptors (Lipinski definition) is 3. The predicted molar refractivity (Wildman–Crippen MR) is 70.9 cm³/mol. The van der Waals surface area contributed by atoms with Crippen LogP contribution in [0, 0.1) is 11.8 Å². The number of carbonyl (C=O) groups is 1. The van der Waals surface area contributed by atoms with Crippen molar-refractivity contribution >= 4 is 5.91 Å². The monoisotopic (exact) mass is 241 g/mol. The molecule has 0 spiro atoms. The van der Waals surface area contributed by atoms with Crippen LogP contribution in [-0.4, -0.2) is 62.0 Å². The van der Waals surface area contributed by atoms with Crippen molar-refractivity contribution in [3.8, 4) is 0 Å². The number of rotatable bonds is 5. The van der Waals surface area contributed by atoms with Crippen molar-refractivity contribution in [3.05, 3.63) is 0 Å². The Kier molecular flexibility index (Phi) is 5.92. The van der Waals surface area contributed by atoms with Gasteiger partial charge in [0.2, 0.25) is 5.91 Å². The van der Waals surface area contributed by atoms with Crippen molar-refractivity contribution in [3.63, 3.8) is 0 Å². The third-order valence-electron chi connectivity index (χ3n) is 3.74. The lowest BCUT2D eigenvalue weighted by Crippen LogP contribution is -2.49. The Balaban J connectivity index is 2.17. The Bertz CT molecular complexity index is 235. The molecule has 0 bridgehead atoms. The molecule has 17 heavy (non-hydrogen) atoms. The quantitative estimate of drug-likeness (QED) is 0.767. The van der Waals surface area contributed by atoms with Gasteiger partial charge in [-0.15, -0.1) is 0 Å². The molecule has 0 radical (unpaired) electrons. The zero-order valence-corrected chi connectivity index (χ0v) is 11.7. The molecule has 0 aromatic heterocycles. The Morgan fingerprint density at radius 1 is 1.18 bits per heavy atom. The highest BCUT2D eigenvalue weighted by atomic mass is 16.2. The standard InChI is InChI=1S/C13H27N3O/c1-11(2)12(3)9-14-10-13(17)16-7-5-15(4)6-8-16/h11-12,14H,5-10H2,1-4H3. The molecule has 4 heteroatoms. The van der Waals surface area contributed by atoms with E-state index in [2.05, 4.69) is 38.0 Å². The molecule has 100 valence electrons. The minimum atomic E-state index is 0.244. The van der Waals surface area contributed by atoms with Gasteiger partial charge in [0.15, 0.2) is 0 Å². The minimum absolute atomic E-state index is 0.244. The number of nitrogens with zero attached hydrogens (tertiary/aromatic N) is 2. The van der Waals surface area contributed by atoms with Crippen molar-refractivity contribution < 1.29 is 4.79 Å². The van der Waals surface area contributed by atoms with Gasteiger partial charge in [0, 0.05) is 26.2 Å². The van der Waals surface area contributed by atoms with Crippen LogP contribution in [0.3, 0.4) is 0 Å². The largest absolute Gasteiger partial charge is 0.339 e. The van der Waals surface area contributed by atoms with Gasteiger partial charge < -0.3 is 15.1 Å². The summed E-state index contributed by atoms with van der Waals surface area (Å²) in [5.74, 6) is 1.53. The van der Waals surface area contributed by atoms with Crippen molar-refractivity contribution in [1.29, 1.82) is 0 Å². The van der Waals surface area contributed by atoms with Gasteiger partial charge in [-0.3, -0.25) is 4.79 Å². The molecule has 1 atom stereocenters. The van der Waals surface area contributed by atoms with Crippen LogP contribution in [0.1, 0.15) is 20.8 Å².